The Morgan fingerprint density at radius 2 is 2.47 bits per heavy atom. The number of rotatable bonds is 3. The molecule has 0 spiro atoms. The second-order valence-corrected chi connectivity index (χ2v) is 4.69. The van der Waals surface area contributed by atoms with Gasteiger partial charge < -0.3 is 15.4 Å². The molecule has 0 saturated carbocycles. The number of nitrogens with one attached hydrogen (secondary N) is 2. The molecule has 0 aromatic heterocycles. The van der Waals surface area contributed by atoms with Crippen LogP contribution >= 0.6 is 0 Å². The Morgan fingerprint density at radius 3 is 3.07 bits per heavy atom. The summed E-state index contributed by atoms with van der Waals surface area (Å²) in [7, 11) is 0. The highest BCUT2D eigenvalue weighted by Crippen LogP contribution is 2.24. The second kappa shape index (κ2) is 4.49. The Morgan fingerprint density at radius 1 is 1.60 bits per heavy atom. The molecule has 2 N–H and O–H groups in total. The molecule has 2 heterocycles. The van der Waals surface area contributed by atoms with E-state index in [2.05, 4.69) is 10.6 Å². The first kappa shape index (κ1) is 10.9. The average molecular weight is 212 g/mol. The molecule has 2 rings (SSSR count). The van der Waals surface area contributed by atoms with E-state index in [-0.39, 0.29) is 5.91 Å². The number of amides is 1. The zero-order valence-electron chi connectivity index (χ0n) is 9.34. The zero-order valence-corrected chi connectivity index (χ0v) is 9.34. The molecule has 0 aliphatic carbocycles. The lowest BCUT2D eigenvalue weighted by molar-refractivity contribution is -0.139. The highest BCUT2D eigenvalue weighted by Gasteiger charge is 2.37. The van der Waals surface area contributed by atoms with Crippen molar-refractivity contribution in [3.8, 4) is 0 Å². The monoisotopic (exact) mass is 212 g/mol. The van der Waals surface area contributed by atoms with Gasteiger partial charge in [0.1, 0.15) is 5.60 Å². The molecule has 2 atom stereocenters. The Hall–Kier alpha value is -0.610. The van der Waals surface area contributed by atoms with Gasteiger partial charge in [-0.15, -0.1) is 0 Å². The van der Waals surface area contributed by atoms with Crippen molar-refractivity contribution in [2.75, 3.05) is 19.7 Å². The predicted molar refractivity (Wildman–Crippen MR) is 57.6 cm³/mol. The van der Waals surface area contributed by atoms with Crippen LogP contribution in [0.3, 0.4) is 0 Å². The van der Waals surface area contributed by atoms with Crippen LogP contribution in [0.15, 0.2) is 0 Å². The minimum Gasteiger partial charge on any atom is -0.365 e. The van der Waals surface area contributed by atoms with Gasteiger partial charge in [-0.1, -0.05) is 0 Å². The summed E-state index contributed by atoms with van der Waals surface area (Å²) in [6.45, 7) is 4.41. The lowest BCUT2D eigenvalue weighted by Crippen LogP contribution is -2.47. The molecule has 4 heteroatoms. The first-order valence-electron chi connectivity index (χ1n) is 5.86. The van der Waals surface area contributed by atoms with Gasteiger partial charge in [0.2, 0.25) is 0 Å². The summed E-state index contributed by atoms with van der Waals surface area (Å²) in [4.78, 5) is 11.9. The molecule has 2 aliphatic heterocycles. The normalized spacial score (nSPS) is 35.7. The highest BCUT2D eigenvalue weighted by molar-refractivity contribution is 5.85. The first-order valence-corrected chi connectivity index (χ1v) is 5.86. The summed E-state index contributed by atoms with van der Waals surface area (Å²) >= 11 is 0. The van der Waals surface area contributed by atoms with Crippen molar-refractivity contribution in [3.63, 3.8) is 0 Å². The van der Waals surface area contributed by atoms with Crippen LogP contribution in [0.4, 0.5) is 0 Å². The van der Waals surface area contributed by atoms with Crippen LogP contribution < -0.4 is 10.6 Å². The maximum atomic E-state index is 11.9. The standard InChI is InChI=1S/C11H20N2O2/c1-11(5-3-7-15-11)10(14)13-8-9-4-2-6-12-9/h9,12H,2-8H2,1H3,(H,13,14). The number of ether oxygens (including phenoxy) is 1. The Balaban J connectivity index is 1.76. The summed E-state index contributed by atoms with van der Waals surface area (Å²) in [6.07, 6.45) is 4.22. The molecule has 15 heavy (non-hydrogen) atoms. The molecule has 0 aromatic carbocycles. The van der Waals surface area contributed by atoms with Gasteiger partial charge in [0.15, 0.2) is 0 Å². The van der Waals surface area contributed by atoms with Crippen molar-refractivity contribution in [2.24, 2.45) is 0 Å². The van der Waals surface area contributed by atoms with Crippen LogP contribution in [-0.2, 0) is 9.53 Å². The van der Waals surface area contributed by atoms with Crippen molar-refractivity contribution in [1.29, 1.82) is 0 Å². The minimum absolute atomic E-state index is 0.0497. The van der Waals surface area contributed by atoms with Crippen molar-refractivity contribution >= 4 is 5.91 Å². The van der Waals surface area contributed by atoms with Gasteiger partial charge in [0.25, 0.3) is 5.91 Å². The van der Waals surface area contributed by atoms with Crippen LogP contribution in [0, 0.1) is 0 Å². The third-order valence-corrected chi connectivity index (χ3v) is 3.37. The van der Waals surface area contributed by atoms with Gasteiger partial charge in [-0.3, -0.25) is 4.79 Å². The van der Waals surface area contributed by atoms with E-state index in [4.69, 9.17) is 4.74 Å². The topological polar surface area (TPSA) is 50.4 Å². The maximum absolute atomic E-state index is 11.9. The molecular formula is C11H20N2O2. The first-order chi connectivity index (χ1) is 7.21. The second-order valence-electron chi connectivity index (χ2n) is 4.69. The van der Waals surface area contributed by atoms with Gasteiger partial charge in [0.05, 0.1) is 0 Å². The van der Waals surface area contributed by atoms with E-state index >= 15 is 0 Å². The molecule has 86 valence electrons. The molecular weight excluding hydrogens is 192 g/mol. The molecule has 2 saturated heterocycles. The van der Waals surface area contributed by atoms with E-state index in [0.717, 1.165) is 32.4 Å². The van der Waals surface area contributed by atoms with E-state index in [1.165, 1.54) is 6.42 Å². The van der Waals surface area contributed by atoms with E-state index < -0.39 is 5.60 Å². The quantitative estimate of drug-likeness (QED) is 0.713. The molecule has 4 nitrogen and oxygen atoms in total. The summed E-state index contributed by atoms with van der Waals surface area (Å²) < 4.78 is 5.48. The van der Waals surface area contributed by atoms with Crippen LogP contribution in [0.1, 0.15) is 32.6 Å². The largest absolute Gasteiger partial charge is 0.365 e. The molecule has 0 radical (unpaired) electrons. The van der Waals surface area contributed by atoms with Crippen LogP contribution in [0.2, 0.25) is 0 Å². The third kappa shape index (κ3) is 2.49. The number of carbonyl (C=O) groups is 1. The number of hydrogen-bond donors (Lipinski definition) is 2. The van der Waals surface area contributed by atoms with E-state index in [9.17, 15) is 4.79 Å². The fourth-order valence-electron chi connectivity index (χ4n) is 2.29. The van der Waals surface area contributed by atoms with Crippen LogP contribution in [0.5, 0.6) is 0 Å². The average Bonchev–Trinajstić information content (AvgIpc) is 2.85. The maximum Gasteiger partial charge on any atom is 0.252 e. The van der Waals surface area contributed by atoms with E-state index in [1.54, 1.807) is 0 Å². The fraction of sp³-hybridized carbons (Fsp3) is 0.909. The molecule has 2 unspecified atom stereocenters. The number of carbonyl (C=O) groups excluding carboxylic acids is 1. The van der Waals surface area contributed by atoms with Crippen molar-refractivity contribution < 1.29 is 9.53 Å². The Bertz CT molecular complexity index is 231. The SMILES string of the molecule is CC1(C(=O)NCC2CCCN2)CCCO1. The third-order valence-electron chi connectivity index (χ3n) is 3.37. The van der Waals surface area contributed by atoms with Crippen molar-refractivity contribution in [2.45, 2.75) is 44.2 Å². The minimum atomic E-state index is -0.571. The summed E-state index contributed by atoms with van der Waals surface area (Å²) in [5.41, 5.74) is -0.571. The lowest BCUT2D eigenvalue weighted by atomic mass is 10.0. The Kier molecular flexibility index (Phi) is 3.26. The van der Waals surface area contributed by atoms with Gasteiger partial charge in [-0.25, -0.2) is 0 Å². The number of hydrogen-bond acceptors (Lipinski definition) is 3. The Labute approximate surface area is 90.8 Å². The van der Waals surface area contributed by atoms with Gasteiger partial charge in [-0.05, 0) is 39.2 Å². The van der Waals surface area contributed by atoms with Crippen LogP contribution in [0.25, 0.3) is 0 Å². The molecule has 1 amide bonds. The lowest BCUT2D eigenvalue weighted by Gasteiger charge is -2.23. The summed E-state index contributed by atoms with van der Waals surface area (Å²) in [6, 6.07) is 0.457. The van der Waals surface area contributed by atoms with E-state index in [0.29, 0.717) is 12.6 Å². The predicted octanol–water partition coefficient (Wildman–Crippen LogP) is 0.424. The van der Waals surface area contributed by atoms with Crippen molar-refractivity contribution in [1.82, 2.24) is 10.6 Å². The summed E-state index contributed by atoms with van der Waals surface area (Å²) in [5, 5.41) is 6.34. The van der Waals surface area contributed by atoms with Gasteiger partial charge in [-0.2, -0.15) is 0 Å². The smallest absolute Gasteiger partial charge is 0.252 e. The highest BCUT2D eigenvalue weighted by atomic mass is 16.5. The molecule has 2 aliphatic rings. The van der Waals surface area contributed by atoms with Gasteiger partial charge >= 0.3 is 0 Å². The van der Waals surface area contributed by atoms with E-state index in [1.807, 2.05) is 6.92 Å². The zero-order chi connectivity index (χ0) is 10.7. The van der Waals surface area contributed by atoms with Gasteiger partial charge in [0, 0.05) is 19.2 Å². The van der Waals surface area contributed by atoms with Crippen molar-refractivity contribution in [3.05, 3.63) is 0 Å². The van der Waals surface area contributed by atoms with Crippen LogP contribution in [-0.4, -0.2) is 37.2 Å². The molecule has 2 fully saturated rings. The fourth-order valence-corrected chi connectivity index (χ4v) is 2.29. The molecule has 0 aromatic rings. The summed E-state index contributed by atoms with van der Waals surface area (Å²) in [5.74, 6) is 0.0497. The molecule has 0 bridgehead atoms.